The zero-order valence-electron chi connectivity index (χ0n) is 16.8. The summed E-state index contributed by atoms with van der Waals surface area (Å²) in [5.41, 5.74) is 4.68. The Morgan fingerprint density at radius 1 is 1.35 bits per heavy atom. The number of carbonyl (C=O) groups is 1. The van der Waals surface area contributed by atoms with Crippen LogP contribution in [0.1, 0.15) is 44.7 Å². The molecule has 160 valence electrons. The maximum atomic E-state index is 15.1. The monoisotopic (exact) mass is 428 g/mol. The Labute approximate surface area is 176 Å². The summed E-state index contributed by atoms with van der Waals surface area (Å²) in [7, 11) is 0. The van der Waals surface area contributed by atoms with Gasteiger partial charge in [0, 0.05) is 24.1 Å². The summed E-state index contributed by atoms with van der Waals surface area (Å²) in [6.07, 6.45) is -2.11. The highest BCUT2D eigenvalue weighted by Gasteiger charge is 2.64. The molecule has 4 rings (SSSR count). The lowest BCUT2D eigenvalue weighted by Crippen LogP contribution is -2.43. The Balaban J connectivity index is 1.75. The van der Waals surface area contributed by atoms with E-state index in [0.717, 1.165) is 0 Å². The second kappa shape index (κ2) is 7.38. The molecule has 3 atom stereocenters. The van der Waals surface area contributed by atoms with E-state index >= 15 is 4.39 Å². The SMILES string of the molecule is Cc1cc(C#N)cnc1C(=O)Cc1cc(C)c(F)c([C@@]2(C(F)F)N=C(N)O[C@@H]3C[C@@H]32)c1. The molecule has 1 saturated carbocycles. The predicted molar refractivity (Wildman–Crippen MR) is 105 cm³/mol. The number of rotatable bonds is 5. The predicted octanol–water partition coefficient (Wildman–Crippen LogP) is 3.33. The van der Waals surface area contributed by atoms with Crippen LogP contribution in [-0.2, 0) is 16.7 Å². The van der Waals surface area contributed by atoms with Gasteiger partial charge in [-0.25, -0.2) is 18.2 Å². The number of aliphatic imine (C=N–C) groups is 1. The van der Waals surface area contributed by atoms with Crippen LogP contribution in [0.5, 0.6) is 0 Å². The number of aryl methyl sites for hydroxylation is 2. The van der Waals surface area contributed by atoms with Crippen LogP contribution in [-0.4, -0.2) is 29.3 Å². The number of hydrogen-bond acceptors (Lipinski definition) is 6. The Kier molecular flexibility index (Phi) is 4.96. The number of ketones is 1. The molecular weight excluding hydrogens is 409 g/mol. The summed E-state index contributed by atoms with van der Waals surface area (Å²) in [5, 5.41) is 8.95. The largest absolute Gasteiger partial charge is 0.462 e. The van der Waals surface area contributed by atoms with Gasteiger partial charge in [0.05, 0.1) is 5.56 Å². The molecule has 2 aromatic rings. The lowest BCUT2D eigenvalue weighted by atomic mass is 9.82. The number of nitrogens with zero attached hydrogens (tertiary/aromatic N) is 3. The molecule has 0 amide bonds. The number of carbonyl (C=O) groups excluding carboxylic acids is 1. The molecule has 6 nitrogen and oxygen atoms in total. The van der Waals surface area contributed by atoms with E-state index in [-0.39, 0.29) is 29.0 Å². The van der Waals surface area contributed by atoms with Crippen molar-refractivity contribution in [3.63, 3.8) is 0 Å². The minimum atomic E-state index is -3.01. The third kappa shape index (κ3) is 3.42. The molecule has 0 unspecified atom stereocenters. The number of aromatic nitrogens is 1. The number of ether oxygens (including phenoxy) is 1. The van der Waals surface area contributed by atoms with Gasteiger partial charge >= 0.3 is 0 Å². The van der Waals surface area contributed by atoms with E-state index in [1.54, 1.807) is 13.0 Å². The maximum absolute atomic E-state index is 15.1. The van der Waals surface area contributed by atoms with Crippen LogP contribution in [0.25, 0.3) is 0 Å². The van der Waals surface area contributed by atoms with Crippen molar-refractivity contribution in [3.8, 4) is 6.07 Å². The normalized spacial score (nSPS) is 24.1. The molecule has 1 aromatic carbocycles. The number of fused-ring (bicyclic) bond motifs is 1. The van der Waals surface area contributed by atoms with E-state index in [4.69, 9.17) is 15.7 Å². The number of halogens is 3. The minimum Gasteiger partial charge on any atom is -0.462 e. The molecule has 2 N–H and O–H groups in total. The molecule has 0 spiro atoms. The quantitative estimate of drug-likeness (QED) is 0.736. The molecule has 0 radical (unpaired) electrons. The van der Waals surface area contributed by atoms with Crippen LogP contribution in [0.2, 0.25) is 0 Å². The first-order valence-electron chi connectivity index (χ1n) is 9.67. The summed E-state index contributed by atoms with van der Waals surface area (Å²) in [6.45, 7) is 3.11. The molecule has 9 heteroatoms. The molecule has 1 aliphatic carbocycles. The Bertz CT molecular complexity index is 1160. The second-order valence-electron chi connectivity index (χ2n) is 7.95. The Morgan fingerprint density at radius 3 is 2.74 bits per heavy atom. The van der Waals surface area contributed by atoms with Crippen LogP contribution in [0.15, 0.2) is 29.4 Å². The number of alkyl halides is 2. The molecule has 1 fully saturated rings. The summed E-state index contributed by atoms with van der Waals surface area (Å²) >= 11 is 0. The third-order valence-electron chi connectivity index (χ3n) is 5.78. The van der Waals surface area contributed by atoms with Crippen molar-refractivity contribution < 1.29 is 22.7 Å². The summed E-state index contributed by atoms with van der Waals surface area (Å²) in [5.74, 6) is -1.86. The topological polar surface area (TPSA) is 101 Å². The van der Waals surface area contributed by atoms with E-state index in [9.17, 15) is 13.6 Å². The third-order valence-corrected chi connectivity index (χ3v) is 5.78. The Morgan fingerprint density at radius 2 is 2.10 bits per heavy atom. The highest BCUT2D eigenvalue weighted by molar-refractivity contribution is 5.97. The molecule has 1 aromatic heterocycles. The number of nitrogens with two attached hydrogens (primary N) is 1. The van der Waals surface area contributed by atoms with Crippen molar-refractivity contribution in [3.05, 3.63) is 63.7 Å². The lowest BCUT2D eigenvalue weighted by Gasteiger charge is -2.33. The number of benzene rings is 1. The zero-order valence-corrected chi connectivity index (χ0v) is 16.8. The fourth-order valence-corrected chi connectivity index (χ4v) is 4.23. The van der Waals surface area contributed by atoms with Crippen molar-refractivity contribution in [2.75, 3.05) is 0 Å². The summed E-state index contributed by atoms with van der Waals surface area (Å²) in [6, 6.07) is 5.81. The fraction of sp³-hybridized carbons (Fsp3) is 0.364. The van der Waals surface area contributed by atoms with Gasteiger partial charge in [0.25, 0.3) is 12.4 Å². The number of pyridine rings is 1. The molecule has 1 aliphatic heterocycles. The van der Waals surface area contributed by atoms with Crippen LogP contribution in [0.4, 0.5) is 13.2 Å². The van der Waals surface area contributed by atoms with E-state index < -0.39 is 35.8 Å². The van der Waals surface area contributed by atoms with E-state index in [2.05, 4.69) is 9.98 Å². The van der Waals surface area contributed by atoms with Crippen molar-refractivity contribution in [1.29, 1.82) is 5.26 Å². The van der Waals surface area contributed by atoms with E-state index in [1.165, 1.54) is 25.3 Å². The van der Waals surface area contributed by atoms with Crippen molar-refractivity contribution in [2.45, 2.75) is 44.8 Å². The molecular formula is C22H19F3N4O2. The van der Waals surface area contributed by atoms with Gasteiger partial charge in [-0.1, -0.05) is 6.07 Å². The number of Topliss-reactive ketones (excluding diaryl/α,β-unsaturated/α-hetero) is 1. The minimum absolute atomic E-state index is 0.127. The second-order valence-corrected chi connectivity index (χ2v) is 7.95. The highest BCUT2D eigenvalue weighted by atomic mass is 19.3. The smallest absolute Gasteiger partial charge is 0.283 e. The van der Waals surface area contributed by atoms with E-state index in [0.29, 0.717) is 23.1 Å². The first-order chi connectivity index (χ1) is 14.7. The number of nitriles is 1. The van der Waals surface area contributed by atoms with Gasteiger partial charge in [-0.15, -0.1) is 0 Å². The van der Waals surface area contributed by atoms with E-state index in [1.807, 2.05) is 6.07 Å². The molecule has 0 saturated heterocycles. The van der Waals surface area contributed by atoms with Crippen LogP contribution >= 0.6 is 0 Å². The van der Waals surface area contributed by atoms with Gasteiger partial charge < -0.3 is 10.5 Å². The van der Waals surface area contributed by atoms with Crippen molar-refractivity contribution in [2.24, 2.45) is 16.6 Å². The fourth-order valence-electron chi connectivity index (χ4n) is 4.23. The lowest BCUT2D eigenvalue weighted by molar-refractivity contribution is 0.0175. The first kappa shape index (κ1) is 20.8. The first-order valence-corrected chi connectivity index (χ1v) is 9.67. The van der Waals surface area contributed by atoms with Gasteiger partial charge in [-0.2, -0.15) is 5.26 Å². The van der Waals surface area contributed by atoms with Gasteiger partial charge in [-0.3, -0.25) is 9.78 Å². The van der Waals surface area contributed by atoms with Gasteiger partial charge in [0.1, 0.15) is 23.7 Å². The zero-order chi connectivity index (χ0) is 22.5. The average molecular weight is 428 g/mol. The maximum Gasteiger partial charge on any atom is 0.283 e. The molecule has 2 heterocycles. The number of amidine groups is 1. The molecule has 31 heavy (non-hydrogen) atoms. The average Bonchev–Trinajstić information content (AvgIpc) is 3.49. The van der Waals surface area contributed by atoms with Crippen LogP contribution in [0, 0.1) is 36.9 Å². The molecule has 2 aliphatic rings. The van der Waals surface area contributed by atoms with Crippen molar-refractivity contribution >= 4 is 11.8 Å². The van der Waals surface area contributed by atoms with Crippen molar-refractivity contribution in [1.82, 2.24) is 4.98 Å². The molecule has 0 bridgehead atoms. The van der Waals surface area contributed by atoms with Gasteiger partial charge in [0.2, 0.25) is 0 Å². The standard InChI is InChI=1S/C22H19F3N4O2/c1-10-3-12(6-16(30)19-11(2)4-13(8-26)9-28-19)5-15(18(10)23)22(20(24)25)14-7-17(14)31-21(27)29-22/h3-5,9,14,17,20H,6-7H2,1-2H3,(H2,27,29)/t14-,17+,22-/m0/s1. The number of hydrogen-bond donors (Lipinski definition) is 1. The summed E-state index contributed by atoms with van der Waals surface area (Å²) in [4.78, 5) is 20.7. The van der Waals surface area contributed by atoms with Crippen LogP contribution < -0.4 is 5.73 Å². The highest BCUT2D eigenvalue weighted by Crippen LogP contribution is 2.56. The van der Waals surface area contributed by atoms with Crippen LogP contribution in [0.3, 0.4) is 0 Å². The Hall–Kier alpha value is -3.41. The van der Waals surface area contributed by atoms with Gasteiger partial charge in [-0.05, 0) is 49.1 Å². The summed E-state index contributed by atoms with van der Waals surface area (Å²) < 4.78 is 49.0. The van der Waals surface area contributed by atoms with Gasteiger partial charge in [0.15, 0.2) is 11.3 Å².